The first-order chi connectivity index (χ1) is 6.58. The summed E-state index contributed by atoms with van der Waals surface area (Å²) in [5.74, 6) is -0.535. The smallest absolute Gasteiger partial charge is 0.293 e. The van der Waals surface area contributed by atoms with Crippen LogP contribution in [0.3, 0.4) is 0 Å². The molecule has 0 saturated carbocycles. The van der Waals surface area contributed by atoms with Crippen LogP contribution in [0.25, 0.3) is 11.1 Å². The monoisotopic (exact) mass is 227 g/mol. The minimum absolute atomic E-state index is 0. The lowest BCUT2D eigenvalue weighted by Crippen LogP contribution is -2.11. The summed E-state index contributed by atoms with van der Waals surface area (Å²) in [5, 5.41) is 0. The lowest BCUT2D eigenvalue weighted by Gasteiger charge is -1.97. The first-order valence-electron chi connectivity index (χ1n) is 4.04. The molecule has 0 fully saturated rings. The molecule has 2 rings (SSSR count). The van der Waals surface area contributed by atoms with E-state index in [4.69, 9.17) is 15.9 Å². The van der Waals surface area contributed by atoms with Gasteiger partial charge in [0.15, 0.2) is 5.58 Å². The van der Waals surface area contributed by atoms with E-state index in [1.165, 1.54) is 0 Å². The molecule has 1 amide bonds. The zero-order valence-corrected chi connectivity index (χ0v) is 8.80. The number of nitrogen functional groups attached to an aromatic ring is 1. The van der Waals surface area contributed by atoms with Crippen LogP contribution in [-0.2, 0) is 0 Å². The normalized spacial score (nSPS) is 9.93. The van der Waals surface area contributed by atoms with Crippen molar-refractivity contribution >= 4 is 35.4 Å². The molecule has 0 unspecified atom stereocenters. The maximum atomic E-state index is 11.1. The molecule has 4 N–H and O–H groups in total. The molecule has 1 aromatic carbocycles. The van der Waals surface area contributed by atoms with Gasteiger partial charge in [0.25, 0.3) is 11.9 Å². The molecule has 1 heterocycles. The van der Waals surface area contributed by atoms with Gasteiger partial charge >= 0.3 is 0 Å². The number of carbonyl (C=O) groups is 1. The average molecular weight is 228 g/mol. The summed E-state index contributed by atoms with van der Waals surface area (Å²) in [6, 6.07) is 3.45. The van der Waals surface area contributed by atoms with Crippen molar-refractivity contribution in [2.75, 3.05) is 5.73 Å². The molecule has 5 nitrogen and oxygen atoms in total. The minimum Gasteiger partial charge on any atom is -0.424 e. The van der Waals surface area contributed by atoms with E-state index in [9.17, 15) is 4.79 Å². The van der Waals surface area contributed by atoms with Gasteiger partial charge in [0.05, 0.1) is 5.56 Å². The van der Waals surface area contributed by atoms with Gasteiger partial charge in [0, 0.05) is 0 Å². The molecule has 0 saturated heterocycles. The first kappa shape index (κ1) is 11.3. The topological polar surface area (TPSA) is 95.1 Å². The second kappa shape index (κ2) is 3.78. The predicted molar refractivity (Wildman–Crippen MR) is 58.9 cm³/mol. The van der Waals surface area contributed by atoms with E-state index in [2.05, 4.69) is 4.98 Å². The van der Waals surface area contributed by atoms with Crippen molar-refractivity contribution in [2.24, 2.45) is 5.73 Å². The predicted octanol–water partition coefficient (Wildman–Crippen LogP) is 1.24. The van der Waals surface area contributed by atoms with Gasteiger partial charge in [-0.2, -0.15) is 4.98 Å². The van der Waals surface area contributed by atoms with Crippen LogP contribution in [0.1, 0.15) is 15.9 Å². The Hall–Kier alpha value is -1.75. The Bertz CT molecular complexity index is 521. The van der Waals surface area contributed by atoms with Crippen molar-refractivity contribution in [1.29, 1.82) is 0 Å². The maximum Gasteiger partial charge on any atom is 0.293 e. The third-order valence-electron chi connectivity index (χ3n) is 1.92. The standard InChI is InChI=1S/C9H9N3O2.ClH/c1-4-2-5(8(10)13)7-6(3-4)14-9(11)12-7;/h2-3H,1H3,(H2,10,13)(H2,11,12);1H. The summed E-state index contributed by atoms with van der Waals surface area (Å²) in [4.78, 5) is 15.0. The van der Waals surface area contributed by atoms with Gasteiger partial charge in [-0.3, -0.25) is 4.79 Å². The van der Waals surface area contributed by atoms with Crippen molar-refractivity contribution in [2.45, 2.75) is 6.92 Å². The number of rotatable bonds is 1. The number of nitrogens with two attached hydrogens (primary N) is 2. The fourth-order valence-corrected chi connectivity index (χ4v) is 1.37. The number of fused-ring (bicyclic) bond motifs is 1. The van der Waals surface area contributed by atoms with Crippen molar-refractivity contribution in [3.63, 3.8) is 0 Å². The fourth-order valence-electron chi connectivity index (χ4n) is 1.37. The number of anilines is 1. The molecule has 0 aliphatic heterocycles. The number of aryl methyl sites for hydroxylation is 1. The van der Waals surface area contributed by atoms with Crippen LogP contribution in [0.2, 0.25) is 0 Å². The Morgan fingerprint density at radius 1 is 1.47 bits per heavy atom. The third kappa shape index (κ3) is 1.87. The van der Waals surface area contributed by atoms with Gasteiger partial charge < -0.3 is 15.9 Å². The van der Waals surface area contributed by atoms with Crippen molar-refractivity contribution < 1.29 is 9.21 Å². The molecule has 0 bridgehead atoms. The summed E-state index contributed by atoms with van der Waals surface area (Å²) >= 11 is 0. The average Bonchev–Trinajstić information content (AvgIpc) is 2.42. The van der Waals surface area contributed by atoms with Crippen LogP contribution in [0.4, 0.5) is 6.01 Å². The van der Waals surface area contributed by atoms with Gasteiger partial charge in [0.1, 0.15) is 5.52 Å². The summed E-state index contributed by atoms with van der Waals surface area (Å²) in [6.07, 6.45) is 0. The molecule has 0 spiro atoms. The summed E-state index contributed by atoms with van der Waals surface area (Å²) < 4.78 is 5.10. The summed E-state index contributed by atoms with van der Waals surface area (Å²) in [7, 11) is 0. The Kier molecular flexibility index (Phi) is 2.85. The van der Waals surface area contributed by atoms with Crippen LogP contribution < -0.4 is 11.5 Å². The van der Waals surface area contributed by atoms with Crippen molar-refractivity contribution in [1.82, 2.24) is 4.98 Å². The highest BCUT2D eigenvalue weighted by Crippen LogP contribution is 2.22. The maximum absolute atomic E-state index is 11.1. The second-order valence-corrected chi connectivity index (χ2v) is 3.08. The zero-order chi connectivity index (χ0) is 10.3. The highest BCUT2D eigenvalue weighted by Gasteiger charge is 2.12. The molecular weight excluding hydrogens is 218 g/mol. The van der Waals surface area contributed by atoms with Crippen LogP contribution in [0, 0.1) is 6.92 Å². The molecule has 1 aromatic heterocycles. The third-order valence-corrected chi connectivity index (χ3v) is 1.92. The number of amides is 1. The van der Waals surface area contributed by atoms with Crippen molar-refractivity contribution in [3.8, 4) is 0 Å². The molecule has 2 aromatic rings. The number of hydrogen-bond acceptors (Lipinski definition) is 4. The van der Waals surface area contributed by atoms with Crippen LogP contribution >= 0.6 is 12.4 Å². The number of aromatic nitrogens is 1. The van der Waals surface area contributed by atoms with E-state index in [1.54, 1.807) is 12.1 Å². The summed E-state index contributed by atoms with van der Waals surface area (Å²) in [5.41, 5.74) is 12.7. The van der Waals surface area contributed by atoms with Crippen molar-refractivity contribution in [3.05, 3.63) is 23.3 Å². The highest BCUT2D eigenvalue weighted by atomic mass is 35.5. The van der Waals surface area contributed by atoms with Gasteiger partial charge in [-0.25, -0.2) is 0 Å². The largest absolute Gasteiger partial charge is 0.424 e. The fraction of sp³-hybridized carbons (Fsp3) is 0.111. The number of nitrogens with zero attached hydrogens (tertiary/aromatic N) is 1. The quantitative estimate of drug-likeness (QED) is 0.766. The molecule has 0 radical (unpaired) electrons. The van der Waals surface area contributed by atoms with Gasteiger partial charge in [-0.15, -0.1) is 12.4 Å². The number of primary amides is 1. The number of hydrogen-bond donors (Lipinski definition) is 2. The molecule has 80 valence electrons. The molecular formula is C9H10ClN3O2. The van der Waals surface area contributed by atoms with E-state index < -0.39 is 5.91 Å². The molecule has 0 aliphatic rings. The van der Waals surface area contributed by atoms with Gasteiger partial charge in [-0.1, -0.05) is 0 Å². The van der Waals surface area contributed by atoms with Crippen LogP contribution in [0.5, 0.6) is 0 Å². The molecule has 0 aliphatic carbocycles. The number of carbonyl (C=O) groups excluding carboxylic acids is 1. The molecule has 6 heteroatoms. The lowest BCUT2D eigenvalue weighted by atomic mass is 10.1. The Balaban J connectivity index is 0.00000112. The number of halogens is 1. The number of oxazole rings is 1. The van der Waals surface area contributed by atoms with Crippen LogP contribution in [-0.4, -0.2) is 10.9 Å². The van der Waals surface area contributed by atoms with E-state index in [1.807, 2.05) is 6.92 Å². The van der Waals surface area contributed by atoms with Gasteiger partial charge in [0.2, 0.25) is 0 Å². The minimum atomic E-state index is -0.535. The molecule has 15 heavy (non-hydrogen) atoms. The van der Waals surface area contributed by atoms with E-state index in [0.29, 0.717) is 16.7 Å². The lowest BCUT2D eigenvalue weighted by molar-refractivity contribution is 0.100. The molecule has 0 atom stereocenters. The van der Waals surface area contributed by atoms with Crippen LogP contribution in [0.15, 0.2) is 16.5 Å². The Morgan fingerprint density at radius 3 is 2.73 bits per heavy atom. The Labute approximate surface area is 91.9 Å². The Morgan fingerprint density at radius 2 is 2.13 bits per heavy atom. The second-order valence-electron chi connectivity index (χ2n) is 3.08. The van der Waals surface area contributed by atoms with E-state index >= 15 is 0 Å². The summed E-state index contributed by atoms with van der Waals surface area (Å²) in [6.45, 7) is 1.84. The van der Waals surface area contributed by atoms with Gasteiger partial charge in [-0.05, 0) is 24.6 Å². The van der Waals surface area contributed by atoms with E-state index in [-0.39, 0.29) is 18.4 Å². The highest BCUT2D eigenvalue weighted by molar-refractivity contribution is 6.04. The first-order valence-corrected chi connectivity index (χ1v) is 4.04. The zero-order valence-electron chi connectivity index (χ0n) is 7.98. The SMILES string of the molecule is Cc1cc(C(N)=O)c2nc(N)oc2c1.Cl. The van der Waals surface area contributed by atoms with E-state index in [0.717, 1.165) is 5.56 Å². The number of benzene rings is 1.